The maximum Gasteiger partial charge on any atom is 0.277 e. The standard InChI is InChI=1S/C17H12BrFN2O3S/c18-12-7-5-11(6-8-12)14(22)10-25-17-21-20-16(24-17)9-23-15-4-2-1-3-13(15)19/h1-8H,9-10H2. The van der Waals surface area contributed by atoms with Crippen LogP contribution in [0.15, 0.2) is 62.6 Å². The Balaban J connectivity index is 1.52. The van der Waals surface area contributed by atoms with Crippen LogP contribution in [0.5, 0.6) is 5.75 Å². The fraction of sp³-hybridized carbons (Fsp3) is 0.118. The fourth-order valence-electron chi connectivity index (χ4n) is 1.90. The second-order valence-corrected chi connectivity index (χ2v) is 6.74. The van der Waals surface area contributed by atoms with Gasteiger partial charge in [0.05, 0.1) is 5.75 Å². The van der Waals surface area contributed by atoms with E-state index in [9.17, 15) is 9.18 Å². The monoisotopic (exact) mass is 422 g/mol. The molecule has 0 aliphatic rings. The molecule has 0 saturated carbocycles. The van der Waals surface area contributed by atoms with E-state index in [1.807, 2.05) is 12.1 Å². The topological polar surface area (TPSA) is 65.2 Å². The van der Waals surface area contributed by atoms with Crippen LogP contribution in [0, 0.1) is 5.82 Å². The maximum atomic E-state index is 13.5. The van der Waals surface area contributed by atoms with Crippen LogP contribution in [0.1, 0.15) is 16.2 Å². The summed E-state index contributed by atoms with van der Waals surface area (Å²) in [5.41, 5.74) is 0.610. The van der Waals surface area contributed by atoms with Crippen molar-refractivity contribution in [2.45, 2.75) is 11.8 Å². The summed E-state index contributed by atoms with van der Waals surface area (Å²) >= 11 is 4.47. The molecule has 0 amide bonds. The summed E-state index contributed by atoms with van der Waals surface area (Å²) in [6.07, 6.45) is 0. The highest BCUT2D eigenvalue weighted by Crippen LogP contribution is 2.21. The molecule has 5 nitrogen and oxygen atoms in total. The molecular weight excluding hydrogens is 411 g/mol. The molecular formula is C17H12BrFN2O3S. The third kappa shape index (κ3) is 4.90. The summed E-state index contributed by atoms with van der Waals surface area (Å²) in [6.45, 7) is -0.0465. The Morgan fingerprint density at radius 3 is 2.68 bits per heavy atom. The van der Waals surface area contributed by atoms with Gasteiger partial charge < -0.3 is 9.15 Å². The largest absolute Gasteiger partial charge is 0.481 e. The Morgan fingerprint density at radius 2 is 1.92 bits per heavy atom. The van der Waals surface area contributed by atoms with Gasteiger partial charge >= 0.3 is 0 Å². The molecule has 8 heteroatoms. The zero-order chi connectivity index (χ0) is 17.6. The molecule has 25 heavy (non-hydrogen) atoms. The average molecular weight is 423 g/mol. The number of rotatable bonds is 7. The van der Waals surface area contributed by atoms with E-state index in [1.54, 1.807) is 24.3 Å². The Morgan fingerprint density at radius 1 is 1.16 bits per heavy atom. The highest BCUT2D eigenvalue weighted by molar-refractivity contribution is 9.10. The lowest BCUT2D eigenvalue weighted by molar-refractivity contribution is 0.102. The number of carbonyl (C=O) groups is 1. The van der Waals surface area contributed by atoms with Crippen LogP contribution in [0.2, 0.25) is 0 Å². The third-order valence-corrected chi connectivity index (χ3v) is 4.48. The molecule has 0 N–H and O–H groups in total. The lowest BCUT2D eigenvalue weighted by Gasteiger charge is -2.03. The summed E-state index contributed by atoms with van der Waals surface area (Å²) < 4.78 is 25.0. The summed E-state index contributed by atoms with van der Waals surface area (Å²) in [4.78, 5) is 12.1. The zero-order valence-corrected chi connectivity index (χ0v) is 15.2. The summed E-state index contributed by atoms with van der Waals surface area (Å²) in [7, 11) is 0. The summed E-state index contributed by atoms with van der Waals surface area (Å²) in [6, 6.07) is 13.2. The summed E-state index contributed by atoms with van der Waals surface area (Å²) in [5.74, 6) is -0.00372. The number of hydrogen-bond acceptors (Lipinski definition) is 6. The van der Waals surface area contributed by atoms with Gasteiger partial charge in [0.2, 0.25) is 0 Å². The predicted molar refractivity (Wildman–Crippen MR) is 94.2 cm³/mol. The Hall–Kier alpha value is -2.19. The van der Waals surface area contributed by atoms with E-state index in [4.69, 9.17) is 9.15 Å². The van der Waals surface area contributed by atoms with Crippen molar-refractivity contribution >= 4 is 33.5 Å². The van der Waals surface area contributed by atoms with Gasteiger partial charge in [0.1, 0.15) is 0 Å². The molecule has 1 heterocycles. The van der Waals surface area contributed by atoms with Crippen LogP contribution >= 0.6 is 27.7 Å². The summed E-state index contributed by atoms with van der Waals surface area (Å²) in [5, 5.41) is 7.93. The zero-order valence-electron chi connectivity index (χ0n) is 12.8. The number of thioether (sulfide) groups is 1. The first-order valence-electron chi connectivity index (χ1n) is 7.23. The number of ketones is 1. The molecule has 2 aromatic carbocycles. The van der Waals surface area contributed by atoms with Crippen molar-refractivity contribution < 1.29 is 18.3 Å². The van der Waals surface area contributed by atoms with Crippen LogP contribution in [0.3, 0.4) is 0 Å². The van der Waals surface area contributed by atoms with Crippen molar-refractivity contribution in [3.05, 3.63) is 70.3 Å². The smallest absolute Gasteiger partial charge is 0.277 e. The first kappa shape index (κ1) is 17.6. The molecule has 1 aromatic heterocycles. The van der Waals surface area contributed by atoms with E-state index >= 15 is 0 Å². The number of carbonyl (C=O) groups excluding carboxylic acids is 1. The Bertz CT molecular complexity index is 870. The van der Waals surface area contributed by atoms with Crippen LogP contribution < -0.4 is 4.74 Å². The van der Waals surface area contributed by atoms with Crippen LogP contribution in [0.25, 0.3) is 0 Å². The van der Waals surface area contributed by atoms with Crippen molar-refractivity contribution in [1.29, 1.82) is 0 Å². The lowest BCUT2D eigenvalue weighted by atomic mass is 10.2. The molecule has 0 fully saturated rings. The van der Waals surface area contributed by atoms with Crippen molar-refractivity contribution in [2.75, 3.05) is 5.75 Å². The molecule has 0 bridgehead atoms. The minimum atomic E-state index is -0.461. The number of Topliss-reactive ketones (excluding diaryl/α,β-unsaturated/α-hetero) is 1. The predicted octanol–water partition coefficient (Wildman–Crippen LogP) is 4.53. The molecule has 3 rings (SSSR count). The molecule has 128 valence electrons. The molecule has 0 unspecified atom stereocenters. The second kappa shape index (κ2) is 8.26. The quantitative estimate of drug-likeness (QED) is 0.411. The van der Waals surface area contributed by atoms with Crippen molar-refractivity contribution in [3.63, 3.8) is 0 Å². The van der Waals surface area contributed by atoms with Gasteiger partial charge in [-0.3, -0.25) is 4.79 Å². The van der Waals surface area contributed by atoms with Crippen molar-refractivity contribution in [3.8, 4) is 5.75 Å². The Kier molecular flexibility index (Phi) is 5.83. The van der Waals surface area contributed by atoms with Gasteiger partial charge in [-0.2, -0.15) is 0 Å². The van der Waals surface area contributed by atoms with Crippen LogP contribution in [0.4, 0.5) is 4.39 Å². The van der Waals surface area contributed by atoms with Crippen molar-refractivity contribution in [2.24, 2.45) is 0 Å². The number of para-hydroxylation sites is 1. The van der Waals surface area contributed by atoms with Gasteiger partial charge in [-0.1, -0.05) is 52.0 Å². The molecule has 0 spiro atoms. The number of aromatic nitrogens is 2. The molecule has 0 aliphatic carbocycles. The SMILES string of the molecule is O=C(CSc1nnc(COc2ccccc2F)o1)c1ccc(Br)cc1. The number of ether oxygens (including phenoxy) is 1. The number of hydrogen-bond donors (Lipinski definition) is 0. The second-order valence-electron chi connectivity index (χ2n) is 4.90. The van der Waals surface area contributed by atoms with Gasteiger partial charge in [0.25, 0.3) is 11.1 Å². The Labute approximate surface area is 155 Å². The van der Waals surface area contributed by atoms with Crippen LogP contribution in [-0.4, -0.2) is 21.7 Å². The number of nitrogens with zero attached hydrogens (tertiary/aromatic N) is 2. The van der Waals surface area contributed by atoms with Crippen molar-refractivity contribution in [1.82, 2.24) is 10.2 Å². The minimum absolute atomic E-state index is 0.0418. The van der Waals surface area contributed by atoms with Gasteiger partial charge in [-0.05, 0) is 24.3 Å². The van der Waals surface area contributed by atoms with Crippen LogP contribution in [-0.2, 0) is 6.61 Å². The molecule has 0 aliphatic heterocycles. The first-order valence-corrected chi connectivity index (χ1v) is 9.01. The van der Waals surface area contributed by atoms with Gasteiger partial charge in [0, 0.05) is 10.0 Å². The molecule has 0 atom stereocenters. The van der Waals surface area contributed by atoms with Gasteiger partial charge in [-0.25, -0.2) is 4.39 Å². The fourth-order valence-corrected chi connectivity index (χ4v) is 2.84. The highest BCUT2D eigenvalue weighted by atomic mass is 79.9. The van der Waals surface area contributed by atoms with E-state index in [1.165, 1.54) is 12.1 Å². The highest BCUT2D eigenvalue weighted by Gasteiger charge is 2.12. The third-order valence-electron chi connectivity index (χ3n) is 3.13. The lowest BCUT2D eigenvalue weighted by Crippen LogP contribution is -2.01. The first-order chi connectivity index (χ1) is 12.1. The number of benzene rings is 2. The normalized spacial score (nSPS) is 10.6. The molecule has 0 saturated heterocycles. The molecule has 3 aromatic rings. The molecule has 0 radical (unpaired) electrons. The maximum absolute atomic E-state index is 13.5. The van der Waals surface area contributed by atoms with Gasteiger partial charge in [0.15, 0.2) is 24.0 Å². The van der Waals surface area contributed by atoms with E-state index in [2.05, 4.69) is 26.1 Å². The van der Waals surface area contributed by atoms with E-state index in [-0.39, 0.29) is 35.0 Å². The average Bonchev–Trinajstić information content (AvgIpc) is 3.07. The van der Waals surface area contributed by atoms with E-state index < -0.39 is 5.82 Å². The minimum Gasteiger partial charge on any atom is -0.481 e. The van der Waals surface area contributed by atoms with E-state index in [0.29, 0.717) is 5.56 Å². The number of halogens is 2. The van der Waals surface area contributed by atoms with Gasteiger partial charge in [-0.15, -0.1) is 10.2 Å². The van der Waals surface area contributed by atoms with E-state index in [0.717, 1.165) is 16.2 Å².